The Labute approximate surface area is 215 Å². The molecule has 13 heteroatoms. The van der Waals surface area contributed by atoms with E-state index in [0.717, 1.165) is 16.4 Å². The van der Waals surface area contributed by atoms with E-state index in [9.17, 15) is 32.5 Å². The molecule has 0 radical (unpaired) electrons. The molecule has 0 unspecified atom stereocenters. The van der Waals surface area contributed by atoms with Gasteiger partial charge in [-0.2, -0.15) is 9.57 Å². The topological polar surface area (TPSA) is 140 Å². The molecule has 37 heavy (non-hydrogen) atoms. The highest BCUT2D eigenvalue weighted by Gasteiger charge is 2.54. The average molecular weight is 536 g/mol. The fraction of sp³-hybridized carbons (Fsp3) is 0.583. The third kappa shape index (κ3) is 5.40. The molecular weight excluding hydrogens is 505 g/mol. The van der Waals surface area contributed by atoms with Crippen LogP contribution < -0.4 is 5.32 Å². The van der Waals surface area contributed by atoms with Crippen molar-refractivity contribution in [1.29, 1.82) is 5.26 Å². The number of nitrogens with zero attached hydrogens (tertiary/aromatic N) is 4. The van der Waals surface area contributed by atoms with Gasteiger partial charge in [0.1, 0.15) is 29.5 Å². The Kier molecular flexibility index (Phi) is 7.18. The van der Waals surface area contributed by atoms with Gasteiger partial charge in [-0.25, -0.2) is 17.6 Å². The van der Waals surface area contributed by atoms with Crippen molar-refractivity contribution >= 4 is 27.9 Å². The fourth-order valence-electron chi connectivity index (χ4n) is 5.07. The molecule has 1 N–H and O–H groups in total. The molecule has 3 aliphatic heterocycles. The quantitative estimate of drug-likeness (QED) is 0.577. The SMILES string of the molecule is CC(C)(C)OC(=O)N[C@@H](CN1C(=O)[C@H]2C[C@@H]1CN2S(=O)(=O)c1cccc(F)c1)C(=O)N1CCC[C@H]1C#N. The summed E-state index contributed by atoms with van der Waals surface area (Å²) < 4.78 is 46.2. The van der Waals surface area contributed by atoms with Crippen molar-refractivity contribution in [2.75, 3.05) is 19.6 Å². The molecule has 11 nitrogen and oxygen atoms in total. The van der Waals surface area contributed by atoms with Crippen LogP contribution in [0.25, 0.3) is 0 Å². The van der Waals surface area contributed by atoms with Crippen molar-refractivity contribution in [2.24, 2.45) is 0 Å². The van der Waals surface area contributed by atoms with Gasteiger partial charge < -0.3 is 19.9 Å². The maximum Gasteiger partial charge on any atom is 0.408 e. The molecule has 1 aromatic rings. The van der Waals surface area contributed by atoms with Crippen molar-refractivity contribution in [2.45, 2.75) is 74.7 Å². The highest BCUT2D eigenvalue weighted by atomic mass is 32.2. The van der Waals surface area contributed by atoms with Crippen molar-refractivity contribution in [1.82, 2.24) is 19.4 Å². The molecule has 0 aromatic heterocycles. The maximum atomic E-state index is 13.7. The number of piperazine rings is 1. The van der Waals surface area contributed by atoms with Crippen molar-refractivity contribution in [3.05, 3.63) is 30.1 Å². The molecule has 3 saturated heterocycles. The van der Waals surface area contributed by atoms with Gasteiger partial charge in [0.05, 0.1) is 17.5 Å². The van der Waals surface area contributed by atoms with Crippen LogP contribution in [0.15, 0.2) is 29.2 Å². The summed E-state index contributed by atoms with van der Waals surface area (Å²) >= 11 is 0. The van der Waals surface area contributed by atoms with E-state index in [-0.39, 0.29) is 24.4 Å². The Hall–Kier alpha value is -3.24. The standard InChI is InChI=1S/C24H30FN5O6S/c1-24(2,3)36-23(33)27-19(21(31)28-9-5-7-16(28)12-26)14-29-17-11-20(22(29)32)30(13-17)37(34,35)18-8-4-6-15(25)10-18/h4,6,8,10,16-17,19-20H,5,7,9,11,13-14H2,1-3H3,(H,27,33)/t16-,17+,19-,20+/m0/s1. The van der Waals surface area contributed by atoms with Gasteiger partial charge in [0.25, 0.3) is 0 Å². The monoisotopic (exact) mass is 535 g/mol. The number of benzene rings is 1. The minimum atomic E-state index is -4.11. The minimum Gasteiger partial charge on any atom is -0.444 e. The van der Waals surface area contributed by atoms with E-state index in [1.54, 1.807) is 20.8 Å². The maximum absolute atomic E-state index is 13.7. The third-order valence-corrected chi connectivity index (χ3v) is 8.57. The Morgan fingerprint density at radius 1 is 1.32 bits per heavy atom. The number of fused-ring (bicyclic) bond motifs is 2. The summed E-state index contributed by atoms with van der Waals surface area (Å²) in [4.78, 5) is 41.7. The number of amides is 3. The smallest absolute Gasteiger partial charge is 0.408 e. The zero-order valence-corrected chi connectivity index (χ0v) is 21.7. The Morgan fingerprint density at radius 2 is 2.05 bits per heavy atom. The van der Waals surface area contributed by atoms with E-state index in [1.165, 1.54) is 21.9 Å². The van der Waals surface area contributed by atoms with E-state index in [4.69, 9.17) is 4.74 Å². The number of hydrogen-bond acceptors (Lipinski definition) is 7. The van der Waals surface area contributed by atoms with Crippen LogP contribution in [0.2, 0.25) is 0 Å². The van der Waals surface area contributed by atoms with Crippen LogP contribution in [0.5, 0.6) is 0 Å². The Balaban J connectivity index is 1.52. The van der Waals surface area contributed by atoms with E-state index >= 15 is 0 Å². The molecule has 4 rings (SSSR count). The van der Waals surface area contributed by atoms with Gasteiger partial charge >= 0.3 is 6.09 Å². The van der Waals surface area contributed by atoms with Gasteiger partial charge in [0.15, 0.2) is 0 Å². The predicted octanol–water partition coefficient (Wildman–Crippen LogP) is 1.21. The Morgan fingerprint density at radius 3 is 2.68 bits per heavy atom. The van der Waals surface area contributed by atoms with Crippen LogP contribution in [0, 0.1) is 17.1 Å². The number of ether oxygens (including phenoxy) is 1. The van der Waals surface area contributed by atoms with E-state index < -0.39 is 63.5 Å². The molecule has 2 bridgehead atoms. The summed E-state index contributed by atoms with van der Waals surface area (Å²) in [5, 5.41) is 12.0. The predicted molar refractivity (Wildman–Crippen MR) is 128 cm³/mol. The van der Waals surface area contributed by atoms with Gasteiger partial charge in [-0.15, -0.1) is 0 Å². The molecule has 3 heterocycles. The molecule has 0 aliphatic carbocycles. The average Bonchev–Trinajstić information content (AvgIpc) is 3.53. The largest absolute Gasteiger partial charge is 0.444 e. The van der Waals surface area contributed by atoms with Crippen molar-refractivity contribution in [3.63, 3.8) is 0 Å². The van der Waals surface area contributed by atoms with Gasteiger partial charge in [-0.3, -0.25) is 9.59 Å². The molecule has 0 spiro atoms. The number of carbonyl (C=O) groups is 3. The molecule has 3 aliphatic rings. The number of carbonyl (C=O) groups excluding carboxylic acids is 3. The van der Waals surface area contributed by atoms with Crippen molar-refractivity contribution in [3.8, 4) is 6.07 Å². The summed E-state index contributed by atoms with van der Waals surface area (Å²) in [7, 11) is -4.11. The second-order valence-corrected chi connectivity index (χ2v) is 12.3. The number of nitrogens with one attached hydrogen (secondary N) is 1. The van der Waals surface area contributed by atoms with Crippen LogP contribution in [0.4, 0.5) is 9.18 Å². The summed E-state index contributed by atoms with van der Waals surface area (Å²) in [6.07, 6.45) is 0.529. The van der Waals surface area contributed by atoms with Crippen LogP contribution >= 0.6 is 0 Å². The number of nitriles is 1. The first-order valence-electron chi connectivity index (χ1n) is 12.1. The molecule has 1 aromatic carbocycles. The molecule has 3 fully saturated rings. The summed E-state index contributed by atoms with van der Waals surface area (Å²) in [5.74, 6) is -1.71. The summed E-state index contributed by atoms with van der Waals surface area (Å²) in [6, 6.07) is 3.36. The summed E-state index contributed by atoms with van der Waals surface area (Å²) in [5.41, 5.74) is -0.825. The lowest BCUT2D eigenvalue weighted by Crippen LogP contribution is -2.59. The van der Waals surface area contributed by atoms with Crippen LogP contribution in [-0.2, 0) is 24.3 Å². The zero-order chi connectivity index (χ0) is 27.1. The molecular formula is C24H30FN5O6S. The number of rotatable bonds is 6. The first-order valence-corrected chi connectivity index (χ1v) is 13.5. The highest BCUT2D eigenvalue weighted by molar-refractivity contribution is 7.89. The molecule has 200 valence electrons. The molecule has 3 amide bonds. The lowest BCUT2D eigenvalue weighted by atomic mass is 10.1. The van der Waals surface area contributed by atoms with Gasteiger partial charge in [0.2, 0.25) is 21.8 Å². The minimum absolute atomic E-state index is 0.0207. The van der Waals surface area contributed by atoms with Gasteiger partial charge in [-0.05, 0) is 58.2 Å². The number of alkyl carbamates (subject to hydrolysis) is 1. The lowest BCUT2D eigenvalue weighted by Gasteiger charge is -2.36. The van der Waals surface area contributed by atoms with Gasteiger partial charge in [0, 0.05) is 19.1 Å². The van der Waals surface area contributed by atoms with Crippen LogP contribution in [0.3, 0.4) is 0 Å². The van der Waals surface area contributed by atoms with E-state index in [2.05, 4.69) is 11.4 Å². The first-order chi connectivity index (χ1) is 17.3. The van der Waals surface area contributed by atoms with Gasteiger partial charge in [-0.1, -0.05) is 6.07 Å². The van der Waals surface area contributed by atoms with E-state index in [0.29, 0.717) is 19.4 Å². The second-order valence-electron chi connectivity index (χ2n) is 10.4. The first kappa shape index (κ1) is 26.8. The second kappa shape index (κ2) is 9.90. The fourth-order valence-corrected chi connectivity index (χ4v) is 6.73. The third-order valence-electron chi connectivity index (χ3n) is 6.70. The summed E-state index contributed by atoms with van der Waals surface area (Å²) in [6.45, 7) is 5.15. The molecule has 0 saturated carbocycles. The number of halogens is 1. The lowest BCUT2D eigenvalue weighted by molar-refractivity contribution is -0.138. The Bertz CT molecular complexity index is 1240. The number of sulfonamides is 1. The van der Waals surface area contributed by atoms with E-state index in [1.807, 2.05) is 0 Å². The van der Waals surface area contributed by atoms with Crippen LogP contribution in [-0.4, -0.2) is 89.8 Å². The van der Waals surface area contributed by atoms with Crippen molar-refractivity contribution < 1.29 is 31.9 Å². The molecule has 4 atom stereocenters. The normalized spacial score (nSPS) is 24.7. The highest BCUT2D eigenvalue weighted by Crippen LogP contribution is 2.36. The van der Waals surface area contributed by atoms with Crippen LogP contribution in [0.1, 0.15) is 40.0 Å². The number of hydrogen-bond donors (Lipinski definition) is 1. The zero-order valence-electron chi connectivity index (χ0n) is 20.9. The number of likely N-dealkylation sites (tertiary alicyclic amines) is 2.